The monoisotopic (exact) mass is 635 g/mol. The maximum absolute atomic E-state index is 14.2. The molecule has 43 heavy (non-hydrogen) atoms. The van der Waals surface area contributed by atoms with Gasteiger partial charge < -0.3 is 24.4 Å². The molecule has 0 unspecified atom stereocenters. The summed E-state index contributed by atoms with van der Waals surface area (Å²) in [6, 6.07) is 12.6. The zero-order valence-electron chi connectivity index (χ0n) is 24.8. The first-order chi connectivity index (χ1) is 20.3. The van der Waals surface area contributed by atoms with Gasteiger partial charge in [0.25, 0.3) is 10.0 Å². The maximum atomic E-state index is 14.2. The lowest BCUT2D eigenvalue weighted by atomic mass is 10.1. The van der Waals surface area contributed by atoms with E-state index in [2.05, 4.69) is 5.32 Å². The fourth-order valence-electron chi connectivity index (χ4n) is 4.25. The molecule has 13 heteroatoms. The number of nitrogens with one attached hydrogen (secondary N) is 1. The molecule has 0 spiro atoms. The van der Waals surface area contributed by atoms with Gasteiger partial charge >= 0.3 is 0 Å². The van der Waals surface area contributed by atoms with E-state index in [-0.39, 0.29) is 39.7 Å². The van der Waals surface area contributed by atoms with Gasteiger partial charge in [0.1, 0.15) is 24.2 Å². The molecular formula is C30H35ClFN3O7S. The number of methoxy groups -OCH3 is 3. The van der Waals surface area contributed by atoms with Gasteiger partial charge in [-0.15, -0.1) is 0 Å². The molecule has 0 saturated carbocycles. The van der Waals surface area contributed by atoms with Crippen LogP contribution in [-0.4, -0.2) is 65.1 Å². The van der Waals surface area contributed by atoms with Crippen molar-refractivity contribution in [3.63, 3.8) is 0 Å². The molecule has 0 aromatic heterocycles. The maximum Gasteiger partial charge on any atom is 0.265 e. The third-order valence-electron chi connectivity index (χ3n) is 6.50. The van der Waals surface area contributed by atoms with Crippen molar-refractivity contribution < 1.29 is 36.6 Å². The van der Waals surface area contributed by atoms with Crippen molar-refractivity contribution in [3.05, 3.63) is 77.1 Å². The van der Waals surface area contributed by atoms with Gasteiger partial charge in [0.15, 0.2) is 11.5 Å². The number of nitrogens with zero attached hydrogens (tertiary/aromatic N) is 2. The molecule has 0 aliphatic heterocycles. The molecule has 3 rings (SSSR count). The average molecular weight is 636 g/mol. The quantitative estimate of drug-likeness (QED) is 0.291. The summed E-state index contributed by atoms with van der Waals surface area (Å²) in [5.41, 5.74) is 0.535. The lowest BCUT2D eigenvalue weighted by Crippen LogP contribution is -2.52. The first-order valence-electron chi connectivity index (χ1n) is 13.2. The van der Waals surface area contributed by atoms with Gasteiger partial charge in [0.05, 0.1) is 31.9 Å². The fourth-order valence-corrected chi connectivity index (χ4v) is 5.85. The van der Waals surface area contributed by atoms with Crippen molar-refractivity contribution in [1.29, 1.82) is 0 Å². The molecule has 10 nitrogen and oxygen atoms in total. The van der Waals surface area contributed by atoms with Crippen LogP contribution in [0.4, 0.5) is 10.1 Å². The second-order valence-corrected chi connectivity index (χ2v) is 12.1. The second kappa shape index (κ2) is 14.4. The smallest absolute Gasteiger partial charge is 0.265 e. The van der Waals surface area contributed by atoms with Crippen molar-refractivity contribution in [2.24, 2.45) is 0 Å². The number of rotatable bonds is 13. The van der Waals surface area contributed by atoms with Crippen molar-refractivity contribution in [2.75, 3.05) is 32.2 Å². The number of hydrogen-bond donors (Lipinski definition) is 1. The van der Waals surface area contributed by atoms with Crippen LogP contribution in [0.1, 0.15) is 26.3 Å². The van der Waals surface area contributed by atoms with Crippen LogP contribution in [0.2, 0.25) is 5.02 Å². The Morgan fingerprint density at radius 1 is 0.884 bits per heavy atom. The first kappa shape index (κ1) is 33.5. The molecule has 0 saturated heterocycles. The normalized spacial score (nSPS) is 11.9. The number of ether oxygens (including phenoxy) is 3. The Labute approximate surface area is 256 Å². The van der Waals surface area contributed by atoms with E-state index in [0.717, 1.165) is 4.31 Å². The van der Waals surface area contributed by atoms with Crippen LogP contribution in [0.3, 0.4) is 0 Å². The van der Waals surface area contributed by atoms with Crippen molar-refractivity contribution in [2.45, 2.75) is 44.3 Å². The third-order valence-corrected chi connectivity index (χ3v) is 8.49. The first-order valence-corrected chi connectivity index (χ1v) is 15.1. The largest absolute Gasteiger partial charge is 0.495 e. The minimum absolute atomic E-state index is 0.000785. The van der Waals surface area contributed by atoms with Gasteiger partial charge in [-0.3, -0.25) is 13.9 Å². The summed E-state index contributed by atoms with van der Waals surface area (Å²) >= 11 is 6.27. The Balaban J connectivity index is 2.14. The van der Waals surface area contributed by atoms with Gasteiger partial charge in [-0.05, 0) is 68.8 Å². The highest BCUT2D eigenvalue weighted by atomic mass is 35.5. The summed E-state index contributed by atoms with van der Waals surface area (Å²) in [6.45, 7) is 4.27. The van der Waals surface area contributed by atoms with E-state index >= 15 is 0 Å². The van der Waals surface area contributed by atoms with Crippen LogP contribution < -0.4 is 23.8 Å². The number of carbonyl (C=O) groups excluding carboxylic acids is 2. The van der Waals surface area contributed by atoms with Crippen LogP contribution in [-0.2, 0) is 26.2 Å². The van der Waals surface area contributed by atoms with Gasteiger partial charge in [0.2, 0.25) is 11.8 Å². The molecule has 0 heterocycles. The van der Waals surface area contributed by atoms with E-state index < -0.39 is 40.2 Å². The van der Waals surface area contributed by atoms with Gasteiger partial charge in [-0.2, -0.15) is 0 Å². The highest BCUT2D eigenvalue weighted by Gasteiger charge is 2.34. The lowest BCUT2D eigenvalue weighted by Gasteiger charge is -2.32. The molecule has 0 radical (unpaired) electrons. The number of amides is 2. The van der Waals surface area contributed by atoms with Crippen molar-refractivity contribution in [1.82, 2.24) is 10.2 Å². The Bertz CT molecular complexity index is 1550. The molecule has 0 bridgehead atoms. The standard InChI is InChI=1S/C30H35ClFN3O7S/c1-19(2)33-30(37)20(3)34(17-21-7-10-23(32)11-8-21)29(36)18-35(25-15-22(31)9-13-26(25)40-4)43(38,39)24-12-14-27(41-5)28(16-24)42-6/h7-16,19-20H,17-18H2,1-6H3,(H,33,37)/t20-/m1/s1. The van der Waals surface area contributed by atoms with E-state index in [1.165, 1.54) is 93.8 Å². The SMILES string of the molecule is COc1ccc(S(=O)(=O)N(CC(=O)N(Cc2ccc(F)cc2)[C@H](C)C(=O)NC(C)C)c2cc(Cl)ccc2OC)cc1OC. The molecule has 0 aliphatic carbocycles. The predicted molar refractivity (Wildman–Crippen MR) is 162 cm³/mol. The number of halogens is 2. The van der Waals surface area contributed by atoms with Crippen LogP contribution in [0.5, 0.6) is 17.2 Å². The zero-order valence-corrected chi connectivity index (χ0v) is 26.3. The number of sulfonamides is 1. The summed E-state index contributed by atoms with van der Waals surface area (Å²) in [4.78, 5) is 28.1. The van der Waals surface area contributed by atoms with Crippen molar-refractivity contribution >= 4 is 39.1 Å². The molecule has 0 fully saturated rings. The molecular weight excluding hydrogens is 601 g/mol. The predicted octanol–water partition coefficient (Wildman–Crippen LogP) is 4.64. The molecule has 232 valence electrons. The number of hydrogen-bond acceptors (Lipinski definition) is 7. The zero-order chi connectivity index (χ0) is 31.9. The highest BCUT2D eigenvalue weighted by molar-refractivity contribution is 7.92. The van der Waals surface area contributed by atoms with E-state index in [0.29, 0.717) is 11.3 Å². The van der Waals surface area contributed by atoms with E-state index in [1.807, 2.05) is 0 Å². The molecule has 0 aliphatic rings. The van der Waals surface area contributed by atoms with Crippen LogP contribution >= 0.6 is 11.6 Å². The number of benzene rings is 3. The van der Waals surface area contributed by atoms with Crippen LogP contribution in [0.25, 0.3) is 0 Å². The topological polar surface area (TPSA) is 114 Å². The second-order valence-electron chi connectivity index (χ2n) is 9.83. The minimum atomic E-state index is -4.47. The van der Waals surface area contributed by atoms with Crippen LogP contribution in [0.15, 0.2) is 65.6 Å². The number of carbonyl (C=O) groups is 2. The summed E-state index contributed by atoms with van der Waals surface area (Å²) in [5, 5.41) is 2.97. The molecule has 3 aromatic rings. The Kier molecular flexibility index (Phi) is 11.2. The summed E-state index contributed by atoms with van der Waals surface area (Å²) in [7, 11) is -0.331. The summed E-state index contributed by atoms with van der Waals surface area (Å²) in [6.07, 6.45) is 0. The fraction of sp³-hybridized carbons (Fsp3) is 0.333. The van der Waals surface area contributed by atoms with E-state index in [1.54, 1.807) is 13.8 Å². The highest BCUT2D eigenvalue weighted by Crippen LogP contribution is 2.37. The van der Waals surface area contributed by atoms with Crippen molar-refractivity contribution in [3.8, 4) is 17.2 Å². The molecule has 1 atom stereocenters. The Morgan fingerprint density at radius 2 is 1.49 bits per heavy atom. The number of anilines is 1. The Hall–Kier alpha value is -4.03. The van der Waals surface area contributed by atoms with E-state index in [9.17, 15) is 22.4 Å². The summed E-state index contributed by atoms with van der Waals surface area (Å²) < 4.78 is 58.9. The van der Waals surface area contributed by atoms with Crippen LogP contribution in [0, 0.1) is 5.82 Å². The Morgan fingerprint density at radius 3 is 2.07 bits per heavy atom. The lowest BCUT2D eigenvalue weighted by molar-refractivity contribution is -0.139. The molecule has 2 amide bonds. The van der Waals surface area contributed by atoms with Gasteiger partial charge in [0, 0.05) is 23.7 Å². The summed E-state index contributed by atoms with van der Waals surface area (Å²) in [5.74, 6) is -1.02. The average Bonchev–Trinajstić information content (AvgIpc) is 2.98. The minimum Gasteiger partial charge on any atom is -0.495 e. The van der Waals surface area contributed by atoms with Gasteiger partial charge in [-0.25, -0.2) is 12.8 Å². The third kappa shape index (κ3) is 8.08. The van der Waals surface area contributed by atoms with E-state index in [4.69, 9.17) is 25.8 Å². The molecule has 3 aromatic carbocycles. The molecule has 1 N–H and O–H groups in total. The van der Waals surface area contributed by atoms with Gasteiger partial charge in [-0.1, -0.05) is 23.7 Å².